The normalized spacial score (nSPS) is 17.7. The van der Waals surface area contributed by atoms with Crippen molar-refractivity contribution in [2.75, 3.05) is 25.0 Å². The highest BCUT2D eigenvalue weighted by Gasteiger charge is 2.22. The predicted octanol–water partition coefficient (Wildman–Crippen LogP) is 3.03. The molecule has 2 aromatic rings. The van der Waals surface area contributed by atoms with Gasteiger partial charge in [0.2, 0.25) is 9.47 Å². The van der Waals surface area contributed by atoms with Gasteiger partial charge < -0.3 is 4.90 Å². The Morgan fingerprint density at radius 2 is 2.13 bits per heavy atom. The van der Waals surface area contributed by atoms with Crippen molar-refractivity contribution in [3.05, 3.63) is 35.4 Å². The summed E-state index contributed by atoms with van der Waals surface area (Å²) in [7, 11) is -3.74. The number of aromatic nitrogens is 2. The van der Waals surface area contributed by atoms with Crippen molar-refractivity contribution in [2.24, 2.45) is 0 Å². The molecule has 0 bridgehead atoms. The maximum absolute atomic E-state index is 12.5. The first-order chi connectivity index (χ1) is 14.4. The number of nitrogens with one attached hydrogen (secondary N) is 2. The Labute approximate surface area is 182 Å². The second kappa shape index (κ2) is 10.4. The van der Waals surface area contributed by atoms with Crippen LogP contribution in [-0.4, -0.2) is 55.1 Å². The van der Waals surface area contributed by atoms with Crippen molar-refractivity contribution in [2.45, 2.75) is 56.3 Å². The smallest absolute Gasteiger partial charge is 0.269 e. The van der Waals surface area contributed by atoms with E-state index in [1.807, 2.05) is 13.0 Å². The number of carbonyl (C=O) groups excluding carboxylic acids is 1. The van der Waals surface area contributed by atoms with Gasteiger partial charge in [-0.2, -0.15) is 0 Å². The molecule has 1 atom stereocenters. The zero-order valence-electron chi connectivity index (χ0n) is 17.4. The topological polar surface area (TPSA) is 104 Å². The molecule has 1 fully saturated rings. The van der Waals surface area contributed by atoms with Gasteiger partial charge in [0.1, 0.15) is 0 Å². The maximum atomic E-state index is 12.5. The van der Waals surface area contributed by atoms with Crippen LogP contribution in [-0.2, 0) is 10.0 Å². The van der Waals surface area contributed by atoms with Crippen LogP contribution in [0.2, 0.25) is 0 Å². The summed E-state index contributed by atoms with van der Waals surface area (Å²) in [5.74, 6) is -0.348. The average Bonchev–Trinajstić information content (AvgIpc) is 3.21. The molecule has 2 N–H and O–H groups in total. The molecule has 8 nitrogen and oxygen atoms in total. The Kier molecular flexibility index (Phi) is 7.93. The number of amides is 1. The number of carbonyl (C=O) groups is 1. The number of piperidine rings is 1. The second-order valence-corrected chi connectivity index (χ2v) is 10.5. The van der Waals surface area contributed by atoms with Gasteiger partial charge in [-0.25, -0.2) is 13.1 Å². The molecule has 1 aromatic heterocycles. The largest absolute Gasteiger partial charge is 0.300 e. The van der Waals surface area contributed by atoms with E-state index < -0.39 is 10.0 Å². The highest BCUT2D eigenvalue weighted by molar-refractivity contribution is 7.91. The van der Waals surface area contributed by atoms with Crippen molar-refractivity contribution in [1.29, 1.82) is 0 Å². The number of aryl methyl sites for hydroxylation is 1. The molecular formula is C20H29N5O3S2. The monoisotopic (exact) mass is 451 g/mol. The van der Waals surface area contributed by atoms with Gasteiger partial charge in [0.25, 0.3) is 15.9 Å². The second-order valence-electron chi connectivity index (χ2n) is 7.54. The molecule has 1 saturated heterocycles. The zero-order valence-corrected chi connectivity index (χ0v) is 19.1. The fourth-order valence-corrected chi connectivity index (χ4v) is 5.70. The summed E-state index contributed by atoms with van der Waals surface area (Å²) in [4.78, 5) is 14.8. The van der Waals surface area contributed by atoms with Gasteiger partial charge in [-0.1, -0.05) is 42.4 Å². The maximum Gasteiger partial charge on any atom is 0.269 e. The van der Waals surface area contributed by atoms with Crippen LogP contribution in [0.1, 0.15) is 54.9 Å². The third kappa shape index (κ3) is 6.07. The first-order valence-corrected chi connectivity index (χ1v) is 12.6. The zero-order chi connectivity index (χ0) is 21.6. The molecule has 10 heteroatoms. The van der Waals surface area contributed by atoms with Gasteiger partial charge in [-0.3, -0.25) is 10.1 Å². The van der Waals surface area contributed by atoms with Crippen molar-refractivity contribution < 1.29 is 13.2 Å². The Hall–Kier alpha value is -1.88. The molecule has 164 valence electrons. The van der Waals surface area contributed by atoms with E-state index in [-0.39, 0.29) is 15.4 Å². The first-order valence-electron chi connectivity index (χ1n) is 10.3. The van der Waals surface area contributed by atoms with Crippen LogP contribution in [0.3, 0.4) is 0 Å². The molecule has 1 aliphatic heterocycles. The predicted molar refractivity (Wildman–Crippen MR) is 118 cm³/mol. The Bertz CT molecular complexity index is 961. The Morgan fingerprint density at radius 1 is 1.30 bits per heavy atom. The number of hydrogen-bond acceptors (Lipinski definition) is 7. The fraction of sp³-hybridized carbons (Fsp3) is 0.550. The molecule has 1 aromatic carbocycles. The van der Waals surface area contributed by atoms with Crippen molar-refractivity contribution in [1.82, 2.24) is 19.8 Å². The van der Waals surface area contributed by atoms with Crippen molar-refractivity contribution >= 4 is 32.4 Å². The number of likely N-dealkylation sites (tertiary alicyclic amines) is 1. The molecule has 1 amide bonds. The van der Waals surface area contributed by atoms with Crippen LogP contribution < -0.4 is 10.0 Å². The van der Waals surface area contributed by atoms with E-state index in [1.54, 1.807) is 18.2 Å². The number of rotatable bonds is 9. The Morgan fingerprint density at radius 3 is 2.90 bits per heavy atom. The number of benzene rings is 1. The van der Waals surface area contributed by atoms with Crippen molar-refractivity contribution in [3.8, 4) is 0 Å². The van der Waals surface area contributed by atoms with Crippen LogP contribution in [0.25, 0.3) is 0 Å². The van der Waals surface area contributed by atoms with E-state index in [1.165, 1.54) is 19.3 Å². The summed E-state index contributed by atoms with van der Waals surface area (Å²) in [5, 5.41) is 10.3. The first kappa shape index (κ1) is 22.8. The summed E-state index contributed by atoms with van der Waals surface area (Å²) >= 11 is 0.842. The summed E-state index contributed by atoms with van der Waals surface area (Å²) < 4.78 is 27.4. The van der Waals surface area contributed by atoms with Gasteiger partial charge in [0.15, 0.2) is 0 Å². The quantitative estimate of drug-likeness (QED) is 0.449. The molecule has 2 heterocycles. The van der Waals surface area contributed by atoms with Gasteiger partial charge in [0, 0.05) is 18.2 Å². The summed E-state index contributed by atoms with van der Waals surface area (Å²) in [6, 6.07) is 7.73. The lowest BCUT2D eigenvalue weighted by atomic mass is 10.00. The van der Waals surface area contributed by atoms with Crippen molar-refractivity contribution in [3.63, 3.8) is 0 Å². The van der Waals surface area contributed by atoms with Gasteiger partial charge in [-0.05, 0) is 57.8 Å². The van der Waals surface area contributed by atoms with Crippen LogP contribution in [0.4, 0.5) is 5.13 Å². The van der Waals surface area contributed by atoms with Gasteiger partial charge in [-0.15, -0.1) is 10.2 Å². The number of sulfonamides is 1. The van der Waals surface area contributed by atoms with E-state index in [0.717, 1.165) is 42.8 Å². The molecule has 0 saturated carbocycles. The molecule has 0 radical (unpaired) electrons. The van der Waals surface area contributed by atoms with Crippen LogP contribution >= 0.6 is 11.3 Å². The van der Waals surface area contributed by atoms with E-state index in [0.29, 0.717) is 18.2 Å². The van der Waals surface area contributed by atoms with E-state index in [4.69, 9.17) is 0 Å². The third-order valence-corrected chi connectivity index (χ3v) is 7.94. The van der Waals surface area contributed by atoms with Crippen LogP contribution in [0, 0.1) is 6.92 Å². The summed E-state index contributed by atoms with van der Waals surface area (Å²) in [6.45, 7) is 6.42. The van der Waals surface area contributed by atoms with E-state index in [9.17, 15) is 13.2 Å². The standard InChI is InChI=1S/C20H29N5O3S2/c1-3-17-10-4-5-12-25(17)13-7-11-21-30(27,28)20-24-23-19(29-20)22-18(26)16-9-6-8-15(2)14-16/h6,8-9,14,17,21H,3-5,7,10-13H2,1-2H3,(H,22,23,26). The van der Waals surface area contributed by atoms with Crippen LogP contribution in [0.15, 0.2) is 28.6 Å². The minimum absolute atomic E-state index is 0.147. The van der Waals surface area contributed by atoms with Gasteiger partial charge >= 0.3 is 0 Å². The average molecular weight is 452 g/mol. The lowest BCUT2D eigenvalue weighted by Crippen LogP contribution is -2.40. The molecular weight excluding hydrogens is 422 g/mol. The molecule has 3 rings (SSSR count). The molecule has 0 aliphatic carbocycles. The molecule has 1 unspecified atom stereocenters. The SMILES string of the molecule is CCC1CCCCN1CCCNS(=O)(=O)c1nnc(NC(=O)c2cccc(C)c2)s1. The fourth-order valence-electron chi connectivity index (χ4n) is 3.69. The summed E-state index contributed by atoms with van der Waals surface area (Å²) in [5.41, 5.74) is 1.44. The lowest BCUT2D eigenvalue weighted by molar-refractivity contribution is 0.102. The molecule has 30 heavy (non-hydrogen) atoms. The van der Waals surface area contributed by atoms with E-state index >= 15 is 0 Å². The lowest BCUT2D eigenvalue weighted by Gasteiger charge is -2.35. The van der Waals surface area contributed by atoms with Crippen LogP contribution in [0.5, 0.6) is 0 Å². The Balaban J connectivity index is 1.50. The highest BCUT2D eigenvalue weighted by Crippen LogP contribution is 2.21. The third-order valence-electron chi connectivity index (χ3n) is 5.27. The molecule has 0 spiro atoms. The number of nitrogens with zero attached hydrogens (tertiary/aromatic N) is 3. The summed E-state index contributed by atoms with van der Waals surface area (Å²) in [6.07, 6.45) is 5.59. The minimum Gasteiger partial charge on any atom is -0.300 e. The van der Waals surface area contributed by atoms with E-state index in [2.05, 4.69) is 32.1 Å². The molecule has 1 aliphatic rings. The van der Waals surface area contributed by atoms with Gasteiger partial charge in [0.05, 0.1) is 0 Å². The minimum atomic E-state index is -3.74. The number of hydrogen-bond donors (Lipinski definition) is 2. The highest BCUT2D eigenvalue weighted by atomic mass is 32.2. The number of anilines is 1.